The fourth-order valence-corrected chi connectivity index (χ4v) is 1.97. The van der Waals surface area contributed by atoms with E-state index in [4.69, 9.17) is 0 Å². The Bertz CT molecular complexity index is 436. The van der Waals surface area contributed by atoms with Gasteiger partial charge in [0.2, 0.25) is 0 Å². The molecule has 0 spiro atoms. The molecule has 2 aromatic carbocycles. The van der Waals surface area contributed by atoms with Gasteiger partial charge in [-0.15, -0.1) is 11.8 Å². The van der Waals surface area contributed by atoms with E-state index in [0.29, 0.717) is 0 Å². The second kappa shape index (κ2) is 6.77. The van der Waals surface area contributed by atoms with Gasteiger partial charge < -0.3 is 0 Å². The fourth-order valence-electron chi connectivity index (χ4n) is 1.41. The number of benzene rings is 2. The Kier molecular flexibility index (Phi) is 4.68. The van der Waals surface area contributed by atoms with Gasteiger partial charge in [0.05, 0.1) is 0 Å². The monoisotopic (exact) mass is 238 g/mol. The zero-order chi connectivity index (χ0) is 11.8. The zero-order valence-electron chi connectivity index (χ0n) is 9.49. The number of thioether (sulfide) groups is 1. The highest BCUT2D eigenvalue weighted by Crippen LogP contribution is 2.11. The summed E-state index contributed by atoms with van der Waals surface area (Å²) in [6.07, 6.45) is 4.22. The van der Waals surface area contributed by atoms with Gasteiger partial charge in [-0.05, 0) is 34.1 Å². The molecule has 0 saturated heterocycles. The van der Waals surface area contributed by atoms with Crippen molar-refractivity contribution in [2.75, 3.05) is 0 Å². The van der Waals surface area contributed by atoms with Crippen LogP contribution in [0, 0.1) is 0 Å². The molecule has 0 fully saturated rings. The van der Waals surface area contributed by atoms with Crippen LogP contribution < -0.4 is 0 Å². The van der Waals surface area contributed by atoms with Crippen molar-refractivity contribution in [1.82, 2.24) is 0 Å². The van der Waals surface area contributed by atoms with Crippen LogP contribution in [-0.4, -0.2) is 0 Å². The van der Waals surface area contributed by atoms with E-state index in [1.165, 1.54) is 11.1 Å². The molecule has 0 atom stereocenters. The normalized spacial score (nSPS) is 11.3. The van der Waals surface area contributed by atoms with E-state index in [1.807, 2.05) is 36.4 Å². The van der Waals surface area contributed by atoms with Crippen molar-refractivity contribution in [1.29, 1.82) is 0 Å². The average Bonchev–Trinajstić information content (AvgIpc) is 2.41. The second-order valence-electron chi connectivity index (χ2n) is 3.56. The first-order valence-electron chi connectivity index (χ1n) is 5.54. The summed E-state index contributed by atoms with van der Waals surface area (Å²) < 4.78 is 0. The molecule has 0 aliphatic carbocycles. The van der Waals surface area contributed by atoms with Crippen LogP contribution in [0.3, 0.4) is 0 Å². The predicted octanol–water partition coefficient (Wildman–Crippen LogP) is 5.06. The lowest BCUT2D eigenvalue weighted by Gasteiger charge is -1.91. The topological polar surface area (TPSA) is 0 Å². The molecule has 0 aliphatic rings. The molecule has 0 saturated carbocycles. The van der Waals surface area contributed by atoms with Crippen LogP contribution in [-0.2, 0) is 0 Å². The summed E-state index contributed by atoms with van der Waals surface area (Å²) in [6.45, 7) is 0. The van der Waals surface area contributed by atoms with E-state index in [-0.39, 0.29) is 0 Å². The van der Waals surface area contributed by atoms with Crippen molar-refractivity contribution >= 4 is 23.9 Å². The minimum atomic E-state index is 1.23. The van der Waals surface area contributed by atoms with Crippen LogP contribution in [0.5, 0.6) is 0 Å². The maximum Gasteiger partial charge on any atom is -0.0242 e. The minimum Gasteiger partial charge on any atom is -0.106 e. The SMILES string of the molecule is C(=C\c1ccccc1)/S/C=C/c1ccccc1. The van der Waals surface area contributed by atoms with Crippen LogP contribution in [0.1, 0.15) is 11.1 Å². The first-order valence-corrected chi connectivity index (χ1v) is 6.48. The van der Waals surface area contributed by atoms with Crippen molar-refractivity contribution in [3.05, 3.63) is 82.6 Å². The Labute approximate surface area is 107 Å². The number of hydrogen-bond donors (Lipinski definition) is 0. The molecule has 1 heteroatoms. The van der Waals surface area contributed by atoms with Crippen molar-refractivity contribution in [3.63, 3.8) is 0 Å². The Morgan fingerprint density at radius 2 is 1.00 bits per heavy atom. The number of rotatable bonds is 4. The van der Waals surface area contributed by atoms with Gasteiger partial charge in [-0.25, -0.2) is 0 Å². The predicted molar refractivity (Wildman–Crippen MR) is 78.5 cm³/mol. The minimum absolute atomic E-state index is 1.23. The fraction of sp³-hybridized carbons (Fsp3) is 0. The third-order valence-electron chi connectivity index (χ3n) is 2.28. The highest BCUT2D eigenvalue weighted by atomic mass is 32.2. The van der Waals surface area contributed by atoms with Gasteiger partial charge in [0.15, 0.2) is 0 Å². The summed E-state index contributed by atoms with van der Waals surface area (Å²) >= 11 is 1.68. The Morgan fingerprint density at radius 1 is 0.588 bits per heavy atom. The molecule has 84 valence electrons. The van der Waals surface area contributed by atoms with Crippen LogP contribution in [0.15, 0.2) is 71.5 Å². The summed E-state index contributed by atoms with van der Waals surface area (Å²) in [5.74, 6) is 0. The lowest BCUT2D eigenvalue weighted by molar-refractivity contribution is 1.66. The lowest BCUT2D eigenvalue weighted by Crippen LogP contribution is -1.67. The molecule has 0 heterocycles. The van der Waals surface area contributed by atoms with Gasteiger partial charge in [-0.3, -0.25) is 0 Å². The van der Waals surface area contributed by atoms with Crippen molar-refractivity contribution in [3.8, 4) is 0 Å². The van der Waals surface area contributed by atoms with Crippen molar-refractivity contribution < 1.29 is 0 Å². The van der Waals surface area contributed by atoms with Crippen molar-refractivity contribution in [2.45, 2.75) is 0 Å². The lowest BCUT2D eigenvalue weighted by atomic mass is 10.2. The van der Waals surface area contributed by atoms with Gasteiger partial charge in [-0.2, -0.15) is 0 Å². The Morgan fingerprint density at radius 3 is 1.41 bits per heavy atom. The second-order valence-corrected chi connectivity index (χ2v) is 4.38. The van der Waals surface area contributed by atoms with Crippen LogP contribution in [0.4, 0.5) is 0 Å². The van der Waals surface area contributed by atoms with Gasteiger partial charge in [0, 0.05) is 0 Å². The smallest absolute Gasteiger partial charge is 0.0242 e. The maximum absolute atomic E-state index is 2.11. The molecule has 0 bridgehead atoms. The van der Waals surface area contributed by atoms with Crippen LogP contribution in [0.2, 0.25) is 0 Å². The molecule has 0 radical (unpaired) electrons. The Balaban J connectivity index is 1.84. The zero-order valence-corrected chi connectivity index (χ0v) is 10.3. The summed E-state index contributed by atoms with van der Waals surface area (Å²) in [5, 5.41) is 4.18. The summed E-state index contributed by atoms with van der Waals surface area (Å²) in [4.78, 5) is 0. The maximum atomic E-state index is 2.11. The third-order valence-corrected chi connectivity index (χ3v) is 2.86. The van der Waals surface area contributed by atoms with Crippen LogP contribution in [0.25, 0.3) is 12.2 Å². The first-order chi connectivity index (χ1) is 8.45. The molecule has 0 unspecified atom stereocenters. The van der Waals surface area contributed by atoms with Crippen molar-refractivity contribution in [2.24, 2.45) is 0 Å². The van der Waals surface area contributed by atoms with Gasteiger partial charge in [-0.1, -0.05) is 60.7 Å². The van der Waals surface area contributed by atoms with E-state index in [1.54, 1.807) is 11.8 Å². The van der Waals surface area contributed by atoms with E-state index in [9.17, 15) is 0 Å². The molecule has 0 nitrogen and oxygen atoms in total. The molecule has 2 rings (SSSR count). The molecule has 0 aliphatic heterocycles. The van der Waals surface area contributed by atoms with Gasteiger partial charge in [0.25, 0.3) is 0 Å². The highest BCUT2D eigenvalue weighted by Gasteiger charge is 1.83. The molecule has 0 aromatic heterocycles. The van der Waals surface area contributed by atoms with Gasteiger partial charge in [0.1, 0.15) is 0 Å². The quantitative estimate of drug-likeness (QED) is 0.717. The number of hydrogen-bond acceptors (Lipinski definition) is 1. The van der Waals surface area contributed by atoms with E-state index in [0.717, 1.165) is 0 Å². The standard InChI is InChI=1S/C16H14S/c1-3-7-15(8-4-1)11-13-17-14-12-16-9-5-2-6-10-16/h1-14H/b13-11+,14-12+. The molecule has 17 heavy (non-hydrogen) atoms. The molecular weight excluding hydrogens is 224 g/mol. The highest BCUT2D eigenvalue weighted by molar-refractivity contribution is 8.05. The summed E-state index contributed by atoms with van der Waals surface area (Å²) in [5.41, 5.74) is 2.46. The summed E-state index contributed by atoms with van der Waals surface area (Å²) in [7, 11) is 0. The molecule has 0 amide bonds. The average molecular weight is 238 g/mol. The largest absolute Gasteiger partial charge is 0.106 e. The van der Waals surface area contributed by atoms with E-state index in [2.05, 4.69) is 47.2 Å². The third kappa shape index (κ3) is 4.33. The van der Waals surface area contributed by atoms with E-state index >= 15 is 0 Å². The summed E-state index contributed by atoms with van der Waals surface area (Å²) in [6, 6.07) is 20.6. The molecule has 0 N–H and O–H groups in total. The van der Waals surface area contributed by atoms with E-state index < -0.39 is 0 Å². The van der Waals surface area contributed by atoms with Crippen LogP contribution >= 0.6 is 11.8 Å². The van der Waals surface area contributed by atoms with Gasteiger partial charge >= 0.3 is 0 Å². The molecule has 2 aromatic rings. The Hall–Kier alpha value is -1.73. The molecular formula is C16H14S. The first kappa shape index (κ1) is 11.7.